The zero-order valence-electron chi connectivity index (χ0n) is 13.1. The maximum absolute atomic E-state index is 12.6. The van der Waals surface area contributed by atoms with Crippen LogP contribution in [0.25, 0.3) is 0 Å². The number of benzene rings is 2. The molecule has 0 aliphatic carbocycles. The Balaban J connectivity index is 1.99. The van der Waals surface area contributed by atoms with Crippen LogP contribution in [0.2, 0.25) is 0 Å². The van der Waals surface area contributed by atoms with Gasteiger partial charge in [0.2, 0.25) is 0 Å². The van der Waals surface area contributed by atoms with E-state index < -0.39 is 17.6 Å². The fourth-order valence-corrected chi connectivity index (χ4v) is 2.01. The third-order valence-electron chi connectivity index (χ3n) is 3.15. The van der Waals surface area contributed by atoms with Crippen molar-refractivity contribution in [1.29, 1.82) is 0 Å². The molecule has 0 aromatic heterocycles. The van der Waals surface area contributed by atoms with Crippen LogP contribution in [0, 0.1) is 6.92 Å². The number of carbonyl (C=O) groups excluding carboxylic acids is 1. The monoisotopic (exact) mass is 339 g/mol. The molecule has 0 fully saturated rings. The molecule has 2 aromatic rings. The van der Waals surface area contributed by atoms with Crippen molar-refractivity contribution in [1.82, 2.24) is 0 Å². The predicted octanol–water partition coefficient (Wildman–Crippen LogP) is 4.04. The van der Waals surface area contributed by atoms with E-state index in [1.165, 1.54) is 19.2 Å². The van der Waals surface area contributed by atoms with Gasteiger partial charge in [-0.3, -0.25) is 4.79 Å². The molecule has 0 unspecified atom stereocenters. The van der Waals surface area contributed by atoms with Gasteiger partial charge < -0.3 is 14.8 Å². The molecule has 0 heterocycles. The van der Waals surface area contributed by atoms with E-state index in [4.69, 9.17) is 9.47 Å². The van der Waals surface area contributed by atoms with Gasteiger partial charge in [-0.25, -0.2) is 0 Å². The lowest BCUT2D eigenvalue weighted by molar-refractivity contribution is -0.137. The van der Waals surface area contributed by atoms with E-state index in [0.717, 1.165) is 17.7 Å². The van der Waals surface area contributed by atoms with Crippen molar-refractivity contribution >= 4 is 11.6 Å². The van der Waals surface area contributed by atoms with Crippen LogP contribution in [0.1, 0.15) is 11.1 Å². The lowest BCUT2D eigenvalue weighted by Gasteiger charge is -2.12. The van der Waals surface area contributed by atoms with Gasteiger partial charge in [0.15, 0.2) is 18.1 Å². The standard InChI is InChI=1S/C17H16F3NO3/c1-11-6-7-14(15(8-11)23-2)24-10-16(22)21-13-5-3-4-12(9-13)17(18,19)20/h3-9H,10H2,1-2H3,(H,21,22). The molecule has 128 valence electrons. The van der Waals surface area contributed by atoms with Gasteiger partial charge >= 0.3 is 6.18 Å². The highest BCUT2D eigenvalue weighted by Crippen LogP contribution is 2.31. The van der Waals surface area contributed by atoms with E-state index in [-0.39, 0.29) is 12.3 Å². The van der Waals surface area contributed by atoms with E-state index in [1.54, 1.807) is 18.2 Å². The number of halogens is 3. The van der Waals surface area contributed by atoms with Crippen molar-refractivity contribution in [3.63, 3.8) is 0 Å². The number of amides is 1. The first kappa shape index (κ1) is 17.7. The van der Waals surface area contributed by atoms with Crippen LogP contribution in [0.3, 0.4) is 0 Å². The summed E-state index contributed by atoms with van der Waals surface area (Å²) in [6, 6.07) is 9.60. The Kier molecular flexibility index (Phi) is 5.33. The fourth-order valence-electron chi connectivity index (χ4n) is 2.01. The highest BCUT2D eigenvalue weighted by molar-refractivity contribution is 5.92. The second kappa shape index (κ2) is 7.25. The van der Waals surface area contributed by atoms with Crippen molar-refractivity contribution in [2.24, 2.45) is 0 Å². The average molecular weight is 339 g/mol. The Labute approximate surface area is 137 Å². The maximum atomic E-state index is 12.6. The van der Waals surface area contributed by atoms with Crippen molar-refractivity contribution < 1.29 is 27.4 Å². The molecule has 2 rings (SSSR count). The number of methoxy groups -OCH3 is 1. The van der Waals surface area contributed by atoms with Crippen LogP contribution in [-0.4, -0.2) is 19.6 Å². The highest BCUT2D eigenvalue weighted by Gasteiger charge is 2.30. The van der Waals surface area contributed by atoms with E-state index in [0.29, 0.717) is 11.5 Å². The summed E-state index contributed by atoms with van der Waals surface area (Å²) in [4.78, 5) is 11.9. The summed E-state index contributed by atoms with van der Waals surface area (Å²) >= 11 is 0. The van der Waals surface area contributed by atoms with Crippen LogP contribution >= 0.6 is 0 Å². The van der Waals surface area contributed by atoms with E-state index in [1.807, 2.05) is 6.92 Å². The van der Waals surface area contributed by atoms with Crippen LogP contribution in [-0.2, 0) is 11.0 Å². The lowest BCUT2D eigenvalue weighted by Crippen LogP contribution is -2.20. The SMILES string of the molecule is COc1cc(C)ccc1OCC(=O)Nc1cccc(C(F)(F)F)c1. The average Bonchev–Trinajstić information content (AvgIpc) is 2.53. The first-order chi connectivity index (χ1) is 11.3. The molecule has 0 atom stereocenters. The van der Waals surface area contributed by atoms with Gasteiger partial charge in [0.1, 0.15) is 0 Å². The molecule has 4 nitrogen and oxygen atoms in total. The number of rotatable bonds is 5. The molecular formula is C17H16F3NO3. The largest absolute Gasteiger partial charge is 0.493 e. The summed E-state index contributed by atoms with van der Waals surface area (Å²) in [7, 11) is 1.48. The molecule has 1 N–H and O–H groups in total. The first-order valence-electron chi connectivity index (χ1n) is 7.04. The van der Waals surface area contributed by atoms with Gasteiger partial charge in [0.05, 0.1) is 12.7 Å². The Bertz CT molecular complexity index is 729. The van der Waals surface area contributed by atoms with Crippen LogP contribution in [0.4, 0.5) is 18.9 Å². The number of aryl methyl sites for hydroxylation is 1. The van der Waals surface area contributed by atoms with E-state index in [9.17, 15) is 18.0 Å². The second-order valence-electron chi connectivity index (χ2n) is 5.07. The summed E-state index contributed by atoms with van der Waals surface area (Å²) in [5.74, 6) is 0.279. The summed E-state index contributed by atoms with van der Waals surface area (Å²) in [5, 5.41) is 2.37. The second-order valence-corrected chi connectivity index (χ2v) is 5.07. The minimum atomic E-state index is -4.47. The van der Waals surface area contributed by atoms with Crippen LogP contribution < -0.4 is 14.8 Å². The van der Waals surface area contributed by atoms with Gasteiger partial charge in [-0.1, -0.05) is 12.1 Å². The molecule has 24 heavy (non-hydrogen) atoms. The molecule has 0 aliphatic rings. The Morgan fingerprint density at radius 1 is 1.12 bits per heavy atom. The van der Waals surface area contributed by atoms with Gasteiger partial charge in [-0.15, -0.1) is 0 Å². The number of carbonyl (C=O) groups is 1. The third-order valence-corrected chi connectivity index (χ3v) is 3.15. The predicted molar refractivity (Wildman–Crippen MR) is 83.3 cm³/mol. The Morgan fingerprint density at radius 3 is 2.54 bits per heavy atom. The van der Waals surface area contributed by atoms with Crippen LogP contribution in [0.5, 0.6) is 11.5 Å². The molecule has 0 saturated carbocycles. The molecule has 0 spiro atoms. The quantitative estimate of drug-likeness (QED) is 0.894. The zero-order chi connectivity index (χ0) is 17.7. The topological polar surface area (TPSA) is 47.6 Å². The normalized spacial score (nSPS) is 11.0. The Morgan fingerprint density at radius 2 is 1.88 bits per heavy atom. The molecule has 2 aromatic carbocycles. The van der Waals surface area contributed by atoms with Gasteiger partial charge in [-0.2, -0.15) is 13.2 Å². The number of hydrogen-bond donors (Lipinski definition) is 1. The van der Waals surface area contributed by atoms with E-state index in [2.05, 4.69) is 5.32 Å². The van der Waals surface area contributed by atoms with Gasteiger partial charge in [0, 0.05) is 5.69 Å². The summed E-state index contributed by atoms with van der Waals surface area (Å²) in [5.41, 5.74) is 0.184. The smallest absolute Gasteiger partial charge is 0.416 e. The molecule has 0 radical (unpaired) electrons. The van der Waals surface area contributed by atoms with Crippen LogP contribution in [0.15, 0.2) is 42.5 Å². The summed E-state index contributed by atoms with van der Waals surface area (Å²) < 4.78 is 48.4. The summed E-state index contributed by atoms with van der Waals surface area (Å²) in [6.45, 7) is 1.53. The Hall–Kier alpha value is -2.70. The third kappa shape index (κ3) is 4.65. The van der Waals surface area contributed by atoms with Gasteiger partial charge in [-0.05, 0) is 42.8 Å². The van der Waals surface area contributed by atoms with Gasteiger partial charge in [0.25, 0.3) is 5.91 Å². The van der Waals surface area contributed by atoms with Crippen molar-refractivity contribution in [2.75, 3.05) is 19.0 Å². The minimum absolute atomic E-state index is 0.0503. The fraction of sp³-hybridized carbons (Fsp3) is 0.235. The molecule has 7 heteroatoms. The molecule has 1 amide bonds. The van der Waals surface area contributed by atoms with E-state index >= 15 is 0 Å². The maximum Gasteiger partial charge on any atom is 0.416 e. The van der Waals surface area contributed by atoms with Crippen molar-refractivity contribution in [2.45, 2.75) is 13.1 Å². The molecular weight excluding hydrogens is 323 g/mol. The number of anilines is 1. The van der Waals surface area contributed by atoms with Crippen molar-refractivity contribution in [3.05, 3.63) is 53.6 Å². The number of ether oxygens (including phenoxy) is 2. The summed E-state index contributed by atoms with van der Waals surface area (Å²) in [6.07, 6.45) is -4.47. The first-order valence-corrected chi connectivity index (χ1v) is 7.04. The molecule has 0 bridgehead atoms. The van der Waals surface area contributed by atoms with Crippen molar-refractivity contribution in [3.8, 4) is 11.5 Å². The lowest BCUT2D eigenvalue weighted by atomic mass is 10.2. The zero-order valence-corrected chi connectivity index (χ0v) is 13.1. The number of alkyl halides is 3. The number of nitrogens with one attached hydrogen (secondary N) is 1. The highest BCUT2D eigenvalue weighted by atomic mass is 19.4. The number of hydrogen-bond acceptors (Lipinski definition) is 3. The molecule has 0 aliphatic heterocycles. The molecule has 0 saturated heterocycles. The minimum Gasteiger partial charge on any atom is -0.493 e.